The van der Waals surface area contributed by atoms with Gasteiger partial charge in [0.25, 0.3) is 0 Å². The van der Waals surface area contributed by atoms with Crippen molar-refractivity contribution in [2.75, 3.05) is 20.0 Å². The Balaban J connectivity index is 1.93. The van der Waals surface area contributed by atoms with Gasteiger partial charge in [0.15, 0.2) is 0 Å². The van der Waals surface area contributed by atoms with Crippen LogP contribution in [0.1, 0.15) is 23.6 Å². The van der Waals surface area contributed by atoms with E-state index in [4.69, 9.17) is 9.47 Å². The number of ether oxygens (including phenoxy) is 2. The molecule has 4 unspecified atom stereocenters. The molecule has 1 N–H and O–H groups in total. The minimum atomic E-state index is -1.02. The van der Waals surface area contributed by atoms with Gasteiger partial charge >= 0.3 is 5.97 Å². The summed E-state index contributed by atoms with van der Waals surface area (Å²) in [6, 6.07) is 5.39. The molecule has 0 radical (unpaired) electrons. The van der Waals surface area contributed by atoms with E-state index < -0.39 is 16.8 Å². The van der Waals surface area contributed by atoms with Crippen LogP contribution in [0.2, 0.25) is 0 Å². The molecule has 1 heterocycles. The third-order valence-electron chi connectivity index (χ3n) is 4.29. The molecule has 4 atom stereocenters. The van der Waals surface area contributed by atoms with Gasteiger partial charge < -0.3 is 9.47 Å². The minimum Gasteiger partial charge on any atom is -0.497 e. The SMILES string of the molecule is COC(=O)C1CS(=O)C2CCc3cc(OC)ccc3C2N1. The number of rotatable bonds is 2. The average molecular weight is 309 g/mol. The van der Waals surface area contributed by atoms with Gasteiger partial charge in [0.1, 0.15) is 11.8 Å². The molecule has 1 aromatic rings. The largest absolute Gasteiger partial charge is 0.497 e. The maximum Gasteiger partial charge on any atom is 0.323 e. The van der Waals surface area contributed by atoms with Gasteiger partial charge in [0.05, 0.1) is 25.2 Å². The molecule has 0 saturated carbocycles. The Kier molecular flexibility index (Phi) is 3.99. The number of esters is 1. The molecule has 1 aliphatic carbocycles. The number of hydrogen-bond acceptors (Lipinski definition) is 5. The molecule has 0 aromatic heterocycles. The molecule has 5 nitrogen and oxygen atoms in total. The molecule has 6 heteroatoms. The van der Waals surface area contributed by atoms with Gasteiger partial charge in [0.2, 0.25) is 0 Å². The van der Waals surface area contributed by atoms with Crippen LogP contribution in [-0.4, -0.2) is 41.4 Å². The van der Waals surface area contributed by atoms with Gasteiger partial charge in [-0.3, -0.25) is 14.3 Å². The standard InChI is InChI=1S/C15H19NO4S/c1-19-10-4-5-11-9(7-10)3-6-13-14(11)16-12(8-21(13)18)15(17)20-2/h4-5,7,12-14,16H,3,6,8H2,1-2H3. The van der Waals surface area contributed by atoms with E-state index in [9.17, 15) is 9.00 Å². The van der Waals surface area contributed by atoms with E-state index in [1.165, 1.54) is 12.7 Å². The first-order chi connectivity index (χ1) is 10.1. The molecule has 21 heavy (non-hydrogen) atoms. The Morgan fingerprint density at radius 2 is 2.19 bits per heavy atom. The summed E-state index contributed by atoms with van der Waals surface area (Å²) in [6.07, 6.45) is 1.75. The summed E-state index contributed by atoms with van der Waals surface area (Å²) in [6.45, 7) is 0. The normalized spacial score (nSPS) is 31.0. The Bertz CT molecular complexity index is 589. The lowest BCUT2D eigenvalue weighted by Crippen LogP contribution is -2.55. The van der Waals surface area contributed by atoms with Crippen molar-refractivity contribution < 1.29 is 18.5 Å². The van der Waals surface area contributed by atoms with Crippen LogP contribution in [0.15, 0.2) is 18.2 Å². The summed E-state index contributed by atoms with van der Waals surface area (Å²) in [5, 5.41) is 3.38. The quantitative estimate of drug-likeness (QED) is 0.824. The molecule has 3 rings (SSSR count). The number of carbonyl (C=O) groups is 1. The second-order valence-electron chi connectivity index (χ2n) is 5.41. The summed E-state index contributed by atoms with van der Waals surface area (Å²) in [7, 11) is 1.99. The third kappa shape index (κ3) is 2.58. The number of methoxy groups -OCH3 is 2. The Labute approximate surface area is 126 Å². The van der Waals surface area contributed by atoms with Crippen LogP contribution < -0.4 is 10.1 Å². The molecule has 1 fully saturated rings. The number of aryl methyl sites for hydroxylation is 1. The van der Waals surface area contributed by atoms with Crippen molar-refractivity contribution in [2.24, 2.45) is 0 Å². The topological polar surface area (TPSA) is 64.6 Å². The summed E-state index contributed by atoms with van der Waals surface area (Å²) in [5.74, 6) is 0.815. The zero-order chi connectivity index (χ0) is 15.0. The molecule has 2 aliphatic rings. The highest BCUT2D eigenvalue weighted by Gasteiger charge is 2.42. The van der Waals surface area contributed by atoms with E-state index in [0.717, 1.165) is 24.2 Å². The number of nitrogens with one attached hydrogen (secondary N) is 1. The first-order valence-corrected chi connectivity index (χ1v) is 8.40. The Hall–Kier alpha value is -1.40. The van der Waals surface area contributed by atoms with Crippen LogP contribution in [-0.2, 0) is 26.8 Å². The fraction of sp³-hybridized carbons (Fsp3) is 0.533. The Morgan fingerprint density at radius 1 is 1.38 bits per heavy atom. The van der Waals surface area contributed by atoms with Crippen LogP contribution >= 0.6 is 0 Å². The zero-order valence-corrected chi connectivity index (χ0v) is 12.9. The number of fused-ring (bicyclic) bond motifs is 3. The van der Waals surface area contributed by atoms with Crippen molar-refractivity contribution >= 4 is 16.8 Å². The molecular formula is C15H19NO4S. The first kappa shape index (κ1) is 14.5. The summed E-state index contributed by atoms with van der Waals surface area (Å²) in [5.41, 5.74) is 2.32. The minimum absolute atomic E-state index is 0.0571. The van der Waals surface area contributed by atoms with Crippen molar-refractivity contribution in [1.82, 2.24) is 5.32 Å². The lowest BCUT2D eigenvalue weighted by Gasteiger charge is -2.40. The number of benzene rings is 1. The maximum atomic E-state index is 12.4. The van der Waals surface area contributed by atoms with Gasteiger partial charge in [-0.2, -0.15) is 0 Å². The average Bonchev–Trinajstić information content (AvgIpc) is 2.53. The summed E-state index contributed by atoms with van der Waals surface area (Å²) < 4.78 is 22.5. The fourth-order valence-corrected chi connectivity index (χ4v) is 4.92. The van der Waals surface area contributed by atoms with Crippen molar-refractivity contribution in [1.29, 1.82) is 0 Å². The van der Waals surface area contributed by atoms with E-state index in [0.29, 0.717) is 5.75 Å². The van der Waals surface area contributed by atoms with E-state index in [2.05, 4.69) is 5.32 Å². The van der Waals surface area contributed by atoms with Gasteiger partial charge in [-0.25, -0.2) is 0 Å². The predicted molar refractivity (Wildman–Crippen MR) is 79.8 cm³/mol. The highest BCUT2D eigenvalue weighted by molar-refractivity contribution is 7.85. The molecule has 114 valence electrons. The maximum absolute atomic E-state index is 12.4. The smallest absolute Gasteiger partial charge is 0.323 e. The van der Waals surface area contributed by atoms with Crippen molar-refractivity contribution in [3.05, 3.63) is 29.3 Å². The lowest BCUT2D eigenvalue weighted by atomic mass is 9.86. The Morgan fingerprint density at radius 3 is 2.90 bits per heavy atom. The lowest BCUT2D eigenvalue weighted by molar-refractivity contribution is -0.142. The monoisotopic (exact) mass is 309 g/mol. The molecule has 0 amide bonds. The van der Waals surface area contributed by atoms with E-state index in [1.54, 1.807) is 7.11 Å². The first-order valence-electron chi connectivity index (χ1n) is 7.02. The highest BCUT2D eigenvalue weighted by Crippen LogP contribution is 2.37. The fourth-order valence-electron chi connectivity index (χ4n) is 3.21. The zero-order valence-electron chi connectivity index (χ0n) is 12.1. The second kappa shape index (κ2) is 5.77. The molecule has 1 aliphatic heterocycles. The molecule has 0 spiro atoms. The number of carbonyl (C=O) groups excluding carboxylic acids is 1. The molecule has 0 bridgehead atoms. The van der Waals surface area contributed by atoms with Gasteiger partial charge in [0, 0.05) is 16.8 Å². The van der Waals surface area contributed by atoms with Gasteiger partial charge in [-0.15, -0.1) is 0 Å². The van der Waals surface area contributed by atoms with E-state index >= 15 is 0 Å². The van der Waals surface area contributed by atoms with Crippen LogP contribution in [0.25, 0.3) is 0 Å². The summed E-state index contributed by atoms with van der Waals surface area (Å²) >= 11 is 0. The molecule has 1 aromatic carbocycles. The number of hydrogen-bond donors (Lipinski definition) is 1. The second-order valence-corrected chi connectivity index (χ2v) is 7.11. The van der Waals surface area contributed by atoms with Gasteiger partial charge in [-0.05, 0) is 36.1 Å². The molecular weight excluding hydrogens is 290 g/mol. The van der Waals surface area contributed by atoms with Crippen molar-refractivity contribution in [2.45, 2.75) is 30.2 Å². The van der Waals surface area contributed by atoms with Gasteiger partial charge in [-0.1, -0.05) is 6.07 Å². The van der Waals surface area contributed by atoms with Crippen LogP contribution in [0.5, 0.6) is 5.75 Å². The summed E-state index contributed by atoms with van der Waals surface area (Å²) in [4.78, 5) is 11.8. The van der Waals surface area contributed by atoms with Crippen LogP contribution in [0.4, 0.5) is 0 Å². The third-order valence-corrected chi connectivity index (χ3v) is 6.14. The van der Waals surface area contributed by atoms with E-state index in [-0.39, 0.29) is 17.3 Å². The van der Waals surface area contributed by atoms with Crippen LogP contribution in [0, 0.1) is 0 Å². The highest BCUT2D eigenvalue weighted by atomic mass is 32.2. The van der Waals surface area contributed by atoms with Crippen LogP contribution in [0.3, 0.4) is 0 Å². The molecule has 1 saturated heterocycles. The van der Waals surface area contributed by atoms with Crippen molar-refractivity contribution in [3.8, 4) is 5.75 Å². The van der Waals surface area contributed by atoms with E-state index in [1.807, 2.05) is 18.2 Å². The van der Waals surface area contributed by atoms with Crippen molar-refractivity contribution in [3.63, 3.8) is 0 Å². The predicted octanol–water partition coefficient (Wildman–Crippen LogP) is 0.945.